The van der Waals surface area contributed by atoms with Crippen molar-refractivity contribution in [2.24, 2.45) is 5.10 Å². The van der Waals surface area contributed by atoms with Gasteiger partial charge in [0, 0.05) is 37.5 Å². The Balaban J connectivity index is 1.40. The van der Waals surface area contributed by atoms with Gasteiger partial charge in [0.05, 0.1) is 6.54 Å². The van der Waals surface area contributed by atoms with E-state index in [9.17, 15) is 14.0 Å². The summed E-state index contributed by atoms with van der Waals surface area (Å²) in [4.78, 5) is 29.1. The molecule has 2 heterocycles. The average molecular weight is 419 g/mol. The minimum Gasteiger partial charge on any atom is -0.331 e. The summed E-state index contributed by atoms with van der Waals surface area (Å²) in [5.74, 6) is 0.0886. The highest BCUT2D eigenvalue weighted by molar-refractivity contribution is 6.43. The number of halogens is 1. The predicted molar refractivity (Wildman–Crippen MR) is 115 cm³/mol. The van der Waals surface area contributed by atoms with Crippen LogP contribution in [0.4, 0.5) is 10.1 Å². The van der Waals surface area contributed by atoms with E-state index in [2.05, 4.69) is 15.4 Å². The second-order valence-electron chi connectivity index (χ2n) is 7.38. The highest BCUT2D eigenvalue weighted by Crippen LogP contribution is 2.16. The monoisotopic (exact) mass is 419 g/mol. The molecule has 0 unspecified atom stereocenters. The minimum absolute atomic E-state index is 0.167. The molecule has 1 aliphatic heterocycles. The molecule has 1 N–H and O–H groups in total. The highest BCUT2D eigenvalue weighted by atomic mass is 19.1. The van der Waals surface area contributed by atoms with Crippen LogP contribution in [0.3, 0.4) is 0 Å². The van der Waals surface area contributed by atoms with Crippen LogP contribution in [-0.4, -0.2) is 32.1 Å². The van der Waals surface area contributed by atoms with Crippen molar-refractivity contribution in [3.63, 3.8) is 0 Å². The van der Waals surface area contributed by atoms with Crippen LogP contribution in [0.25, 0.3) is 0 Å². The molecule has 2 amide bonds. The molecule has 0 radical (unpaired) electrons. The minimum atomic E-state index is -0.344. The molecule has 0 fully saturated rings. The van der Waals surface area contributed by atoms with Gasteiger partial charge >= 0.3 is 0 Å². The molecule has 0 saturated heterocycles. The first kappa shape index (κ1) is 20.5. The van der Waals surface area contributed by atoms with E-state index < -0.39 is 0 Å². The van der Waals surface area contributed by atoms with Gasteiger partial charge in [-0.3, -0.25) is 9.59 Å². The van der Waals surface area contributed by atoms with Gasteiger partial charge in [0.2, 0.25) is 5.91 Å². The Labute approximate surface area is 179 Å². The van der Waals surface area contributed by atoms with E-state index in [1.165, 1.54) is 17.1 Å². The Morgan fingerprint density at radius 2 is 1.71 bits per heavy atom. The molecule has 1 aliphatic rings. The van der Waals surface area contributed by atoms with Crippen LogP contribution in [0.1, 0.15) is 29.8 Å². The van der Waals surface area contributed by atoms with Gasteiger partial charge < -0.3 is 9.88 Å². The van der Waals surface area contributed by atoms with Crippen LogP contribution in [0.2, 0.25) is 0 Å². The summed E-state index contributed by atoms with van der Waals surface area (Å²) >= 11 is 0. The first-order valence-electron chi connectivity index (χ1n) is 9.98. The molecule has 0 spiro atoms. The van der Waals surface area contributed by atoms with Gasteiger partial charge in [-0.2, -0.15) is 5.10 Å². The number of anilines is 1. The maximum atomic E-state index is 13.1. The van der Waals surface area contributed by atoms with Gasteiger partial charge in [0.1, 0.15) is 17.4 Å². The first-order chi connectivity index (χ1) is 15.0. The van der Waals surface area contributed by atoms with Crippen LogP contribution in [-0.2, 0) is 22.7 Å². The number of carbonyl (C=O) groups excluding carboxylic acids is 2. The number of hydrazone groups is 1. The molecule has 31 heavy (non-hydrogen) atoms. The van der Waals surface area contributed by atoms with Gasteiger partial charge in [0.25, 0.3) is 5.91 Å². The number of hydrogen-bond donors (Lipinski definition) is 1. The van der Waals surface area contributed by atoms with E-state index in [-0.39, 0.29) is 37.0 Å². The third-order valence-electron chi connectivity index (χ3n) is 5.10. The number of nitrogens with zero attached hydrogens (tertiary/aromatic N) is 4. The number of aromatic nitrogens is 2. The van der Waals surface area contributed by atoms with Crippen molar-refractivity contribution in [3.05, 3.63) is 83.7 Å². The number of hydrogen-bond acceptors (Lipinski definition) is 4. The van der Waals surface area contributed by atoms with Crippen molar-refractivity contribution in [2.75, 3.05) is 5.32 Å². The molecule has 2 aromatic carbocycles. The van der Waals surface area contributed by atoms with Gasteiger partial charge in [-0.15, -0.1) is 0 Å². The van der Waals surface area contributed by atoms with E-state index >= 15 is 0 Å². The van der Waals surface area contributed by atoms with E-state index in [0.29, 0.717) is 17.9 Å². The van der Waals surface area contributed by atoms with Crippen molar-refractivity contribution < 1.29 is 14.0 Å². The summed E-state index contributed by atoms with van der Waals surface area (Å²) in [5, 5.41) is 8.34. The Morgan fingerprint density at radius 1 is 1.03 bits per heavy atom. The van der Waals surface area contributed by atoms with E-state index in [1.54, 1.807) is 18.3 Å². The Kier molecular flexibility index (Phi) is 5.88. The number of carbonyl (C=O) groups is 2. The molecule has 3 aromatic rings. The molecule has 0 saturated carbocycles. The zero-order valence-corrected chi connectivity index (χ0v) is 17.1. The summed E-state index contributed by atoms with van der Waals surface area (Å²) in [6, 6.07) is 13.4. The SMILES string of the molecule is Cc1nccn1Cc1ccc(NC(=O)C2=NN(Cc3ccc(F)cc3)C(=O)CC2)cc1. The third-order valence-corrected chi connectivity index (χ3v) is 5.10. The van der Waals surface area contributed by atoms with Crippen LogP contribution < -0.4 is 5.32 Å². The molecule has 158 valence electrons. The predicted octanol–water partition coefficient (Wildman–Crippen LogP) is 3.50. The molecule has 0 bridgehead atoms. The van der Waals surface area contributed by atoms with Crippen molar-refractivity contribution in [3.8, 4) is 0 Å². The smallest absolute Gasteiger partial charge is 0.271 e. The zero-order valence-electron chi connectivity index (χ0n) is 17.1. The lowest BCUT2D eigenvalue weighted by molar-refractivity contribution is -0.132. The lowest BCUT2D eigenvalue weighted by Crippen LogP contribution is -2.36. The molecular formula is C23H22FN5O2. The third kappa shape index (κ3) is 5.03. The van der Waals surface area contributed by atoms with Crippen molar-refractivity contribution >= 4 is 23.2 Å². The summed E-state index contributed by atoms with van der Waals surface area (Å²) in [6.45, 7) is 2.84. The zero-order chi connectivity index (χ0) is 21.8. The normalized spacial score (nSPS) is 13.8. The Morgan fingerprint density at radius 3 is 2.39 bits per heavy atom. The molecule has 1 aromatic heterocycles. The lowest BCUT2D eigenvalue weighted by atomic mass is 10.1. The van der Waals surface area contributed by atoms with E-state index in [4.69, 9.17) is 0 Å². The number of aryl methyl sites for hydroxylation is 1. The Hall–Kier alpha value is -3.81. The fraction of sp³-hybridized carbons (Fsp3) is 0.217. The van der Waals surface area contributed by atoms with Crippen molar-refractivity contribution in [1.29, 1.82) is 0 Å². The lowest BCUT2D eigenvalue weighted by Gasteiger charge is -2.23. The number of amides is 2. The first-order valence-corrected chi connectivity index (χ1v) is 9.98. The maximum Gasteiger partial charge on any atom is 0.271 e. The largest absolute Gasteiger partial charge is 0.331 e. The molecule has 0 aliphatic carbocycles. The number of rotatable bonds is 6. The van der Waals surface area contributed by atoms with Crippen LogP contribution in [0, 0.1) is 12.7 Å². The molecule has 7 nitrogen and oxygen atoms in total. The quantitative estimate of drug-likeness (QED) is 0.664. The second-order valence-corrected chi connectivity index (χ2v) is 7.38. The van der Waals surface area contributed by atoms with E-state index in [0.717, 1.165) is 17.0 Å². The van der Waals surface area contributed by atoms with E-state index in [1.807, 2.05) is 42.0 Å². The van der Waals surface area contributed by atoms with Crippen LogP contribution in [0.15, 0.2) is 66.0 Å². The molecule has 0 atom stereocenters. The van der Waals surface area contributed by atoms with Crippen molar-refractivity contribution in [1.82, 2.24) is 14.6 Å². The summed E-state index contributed by atoms with van der Waals surface area (Å²) in [7, 11) is 0. The van der Waals surface area contributed by atoms with Crippen LogP contribution in [0.5, 0.6) is 0 Å². The molecular weight excluding hydrogens is 397 g/mol. The number of imidazole rings is 1. The van der Waals surface area contributed by atoms with Gasteiger partial charge in [-0.1, -0.05) is 24.3 Å². The number of nitrogens with one attached hydrogen (secondary N) is 1. The van der Waals surface area contributed by atoms with Gasteiger partial charge in [-0.05, 0) is 42.3 Å². The van der Waals surface area contributed by atoms with Gasteiger partial charge in [0.15, 0.2) is 0 Å². The summed E-state index contributed by atoms with van der Waals surface area (Å²) in [6.07, 6.45) is 4.17. The van der Waals surface area contributed by atoms with Crippen molar-refractivity contribution in [2.45, 2.75) is 32.9 Å². The second kappa shape index (κ2) is 8.91. The fourth-order valence-electron chi connectivity index (χ4n) is 3.32. The average Bonchev–Trinajstić information content (AvgIpc) is 3.17. The summed E-state index contributed by atoms with van der Waals surface area (Å²) < 4.78 is 15.1. The Bertz CT molecular complexity index is 1120. The van der Waals surface area contributed by atoms with Gasteiger partial charge in [-0.25, -0.2) is 14.4 Å². The number of benzene rings is 2. The summed E-state index contributed by atoms with van der Waals surface area (Å²) in [5.41, 5.74) is 2.77. The highest BCUT2D eigenvalue weighted by Gasteiger charge is 2.24. The maximum absolute atomic E-state index is 13.1. The standard InChI is InChI=1S/C23H22FN5O2/c1-16-25-12-13-28(16)14-17-4-8-20(9-5-17)26-23(31)21-10-11-22(30)29(27-21)15-18-2-6-19(24)7-3-18/h2-9,12-13H,10-11,14-15H2,1H3,(H,26,31). The molecule has 8 heteroatoms. The van der Waals surface area contributed by atoms with Crippen LogP contribution >= 0.6 is 0 Å². The molecule has 4 rings (SSSR count). The topological polar surface area (TPSA) is 79.6 Å². The fourth-order valence-corrected chi connectivity index (χ4v) is 3.32.